The number of para-hydroxylation sites is 1. The first-order valence-electron chi connectivity index (χ1n) is 9.47. The lowest BCUT2D eigenvalue weighted by Crippen LogP contribution is -2.29. The highest BCUT2D eigenvalue weighted by atomic mass is 32.2. The average Bonchev–Trinajstić information content (AvgIpc) is 3.46. The van der Waals surface area contributed by atoms with Crippen LogP contribution in [0.25, 0.3) is 26.3 Å². The van der Waals surface area contributed by atoms with E-state index in [4.69, 9.17) is 10.2 Å². The number of carbonyl (C=O) groups is 1. The fraction of sp³-hybridized carbons (Fsp3) is 0.182. The van der Waals surface area contributed by atoms with Crippen LogP contribution in [0, 0.1) is 11.3 Å². The molecule has 4 rings (SSSR count). The molecule has 0 saturated heterocycles. The highest BCUT2D eigenvalue weighted by molar-refractivity contribution is 7.99. The molecule has 3 aromatic heterocycles. The van der Waals surface area contributed by atoms with Gasteiger partial charge in [-0.3, -0.25) is 14.2 Å². The molecule has 0 fully saturated rings. The van der Waals surface area contributed by atoms with Crippen molar-refractivity contribution in [3.63, 3.8) is 0 Å². The lowest BCUT2D eigenvalue weighted by atomic mass is 10.2. The van der Waals surface area contributed by atoms with E-state index in [2.05, 4.69) is 0 Å². The lowest BCUT2D eigenvalue weighted by molar-refractivity contribution is -0.127. The van der Waals surface area contributed by atoms with Gasteiger partial charge in [0.2, 0.25) is 5.91 Å². The van der Waals surface area contributed by atoms with Crippen LogP contribution in [0.2, 0.25) is 0 Å². The van der Waals surface area contributed by atoms with Crippen molar-refractivity contribution in [1.29, 1.82) is 5.26 Å². The minimum Gasteiger partial charge on any atom is -0.344 e. The molecule has 0 spiro atoms. The number of hydrogen-bond acceptors (Lipinski definition) is 7. The van der Waals surface area contributed by atoms with E-state index in [0.29, 0.717) is 27.6 Å². The van der Waals surface area contributed by atoms with E-state index in [-0.39, 0.29) is 23.6 Å². The molecular weight excluding hydrogens is 448 g/mol. The zero-order chi connectivity index (χ0) is 21.8. The van der Waals surface area contributed by atoms with Crippen molar-refractivity contribution >= 4 is 50.6 Å². The molecule has 0 bridgehead atoms. The number of thioether (sulfide) groups is 1. The second-order valence-corrected chi connectivity index (χ2v) is 9.44. The molecule has 0 atom stereocenters. The number of carbonyl (C=O) groups excluding carboxylic acids is 1. The Kier molecular flexibility index (Phi) is 6.51. The Hall–Kier alpha value is -2.93. The number of rotatable bonds is 7. The monoisotopic (exact) mass is 466 g/mol. The van der Waals surface area contributed by atoms with Crippen molar-refractivity contribution in [2.24, 2.45) is 0 Å². The van der Waals surface area contributed by atoms with Crippen LogP contribution in [-0.4, -0.2) is 39.7 Å². The quantitative estimate of drug-likeness (QED) is 0.293. The van der Waals surface area contributed by atoms with Crippen molar-refractivity contribution in [1.82, 2.24) is 14.5 Å². The van der Waals surface area contributed by atoms with E-state index in [1.54, 1.807) is 23.0 Å². The number of amides is 1. The van der Waals surface area contributed by atoms with Gasteiger partial charge in [0.05, 0.1) is 29.3 Å². The first kappa shape index (κ1) is 21.3. The summed E-state index contributed by atoms with van der Waals surface area (Å²) in [5, 5.41) is 13.8. The molecule has 6 nitrogen and oxygen atoms in total. The number of nitriles is 1. The third kappa shape index (κ3) is 4.42. The molecule has 0 saturated carbocycles. The molecule has 0 radical (unpaired) electrons. The minimum atomic E-state index is -0.145. The summed E-state index contributed by atoms with van der Waals surface area (Å²) in [7, 11) is 1.67. The van der Waals surface area contributed by atoms with Gasteiger partial charge in [0.1, 0.15) is 4.83 Å². The molecule has 9 heteroatoms. The number of fused-ring (bicyclic) bond motifs is 1. The summed E-state index contributed by atoms with van der Waals surface area (Å²) in [6.45, 7) is 0.378. The van der Waals surface area contributed by atoms with Crippen LogP contribution in [0.5, 0.6) is 0 Å². The lowest BCUT2D eigenvalue weighted by Gasteiger charge is -2.16. The number of benzene rings is 1. The molecule has 1 aromatic carbocycles. The molecule has 31 heavy (non-hydrogen) atoms. The van der Waals surface area contributed by atoms with Crippen LogP contribution in [0.3, 0.4) is 0 Å². The largest absolute Gasteiger partial charge is 0.344 e. The minimum absolute atomic E-state index is 0.111. The maximum Gasteiger partial charge on any atom is 0.268 e. The van der Waals surface area contributed by atoms with E-state index in [0.717, 1.165) is 10.4 Å². The zero-order valence-electron chi connectivity index (χ0n) is 16.6. The van der Waals surface area contributed by atoms with Gasteiger partial charge in [-0.15, -0.1) is 22.7 Å². The topological polar surface area (TPSA) is 79.0 Å². The normalized spacial score (nSPS) is 10.8. The predicted octanol–water partition coefficient (Wildman–Crippen LogP) is 4.64. The summed E-state index contributed by atoms with van der Waals surface area (Å²) in [6.07, 6.45) is 0.284. The van der Waals surface area contributed by atoms with Gasteiger partial charge in [0.15, 0.2) is 5.16 Å². The molecule has 0 unspecified atom stereocenters. The highest BCUT2D eigenvalue weighted by Crippen LogP contribution is 2.35. The van der Waals surface area contributed by atoms with E-state index in [1.165, 1.54) is 28.0 Å². The zero-order valence-corrected chi connectivity index (χ0v) is 19.1. The summed E-state index contributed by atoms with van der Waals surface area (Å²) in [4.78, 5) is 34.1. The van der Waals surface area contributed by atoms with Gasteiger partial charge in [0.25, 0.3) is 5.56 Å². The molecular formula is C22H18N4O2S3. The standard InChI is InChI=1S/C22H18N4O2S3/c1-25(11-6-10-23)18(27)14-31-22-24-20-19(16(13-30-20)17-9-5-12-29-17)21(28)26(22)15-7-3-2-4-8-15/h2-5,7-9,12-13H,6,11,14H2,1H3. The van der Waals surface area contributed by atoms with Gasteiger partial charge in [0, 0.05) is 29.4 Å². The second-order valence-electron chi connectivity index (χ2n) is 6.69. The van der Waals surface area contributed by atoms with Crippen LogP contribution >= 0.6 is 34.4 Å². The molecule has 0 aliphatic carbocycles. The average molecular weight is 467 g/mol. The number of thiophene rings is 2. The van der Waals surface area contributed by atoms with Crippen molar-refractivity contribution in [3.05, 3.63) is 63.6 Å². The molecule has 156 valence electrons. The van der Waals surface area contributed by atoms with Crippen molar-refractivity contribution < 1.29 is 4.79 Å². The van der Waals surface area contributed by atoms with E-state index < -0.39 is 0 Å². The van der Waals surface area contributed by atoms with Crippen molar-refractivity contribution in [3.8, 4) is 22.2 Å². The summed E-state index contributed by atoms with van der Waals surface area (Å²) in [5.74, 6) is 0.0234. The maximum absolute atomic E-state index is 13.6. The second kappa shape index (κ2) is 9.47. The maximum atomic E-state index is 13.6. The van der Waals surface area contributed by atoms with Gasteiger partial charge in [-0.25, -0.2) is 4.98 Å². The van der Waals surface area contributed by atoms with Gasteiger partial charge in [-0.2, -0.15) is 5.26 Å². The molecule has 0 N–H and O–H groups in total. The summed E-state index contributed by atoms with van der Waals surface area (Å²) in [5.41, 5.74) is 1.45. The Bertz CT molecular complexity index is 1300. The predicted molar refractivity (Wildman–Crippen MR) is 127 cm³/mol. The van der Waals surface area contributed by atoms with Gasteiger partial charge >= 0.3 is 0 Å². The van der Waals surface area contributed by atoms with Crippen LogP contribution in [0.4, 0.5) is 0 Å². The van der Waals surface area contributed by atoms with Gasteiger partial charge in [-0.1, -0.05) is 36.0 Å². The van der Waals surface area contributed by atoms with Crippen molar-refractivity contribution in [2.45, 2.75) is 11.6 Å². The number of aromatic nitrogens is 2. The summed E-state index contributed by atoms with van der Waals surface area (Å²) < 4.78 is 1.58. The highest BCUT2D eigenvalue weighted by Gasteiger charge is 2.20. The Morgan fingerprint density at radius 1 is 1.23 bits per heavy atom. The third-order valence-corrected chi connectivity index (χ3v) is 7.39. The Labute approximate surface area is 191 Å². The molecule has 0 aliphatic rings. The van der Waals surface area contributed by atoms with Gasteiger partial charge < -0.3 is 4.90 Å². The van der Waals surface area contributed by atoms with E-state index in [1.807, 2.05) is 59.3 Å². The first-order chi connectivity index (χ1) is 15.1. The summed E-state index contributed by atoms with van der Waals surface area (Å²) in [6, 6.07) is 15.4. The fourth-order valence-electron chi connectivity index (χ4n) is 3.07. The van der Waals surface area contributed by atoms with Crippen LogP contribution in [0.1, 0.15) is 6.42 Å². The van der Waals surface area contributed by atoms with Crippen molar-refractivity contribution in [2.75, 3.05) is 19.3 Å². The van der Waals surface area contributed by atoms with E-state index >= 15 is 0 Å². The van der Waals surface area contributed by atoms with E-state index in [9.17, 15) is 9.59 Å². The molecule has 3 heterocycles. The molecule has 4 aromatic rings. The summed E-state index contributed by atoms with van der Waals surface area (Å²) >= 11 is 4.25. The Morgan fingerprint density at radius 2 is 2.03 bits per heavy atom. The third-order valence-electron chi connectivity index (χ3n) is 4.69. The molecule has 0 aliphatic heterocycles. The smallest absolute Gasteiger partial charge is 0.268 e. The number of hydrogen-bond donors (Lipinski definition) is 0. The number of nitrogens with zero attached hydrogens (tertiary/aromatic N) is 4. The first-order valence-corrected chi connectivity index (χ1v) is 12.2. The van der Waals surface area contributed by atoms with Gasteiger partial charge in [-0.05, 0) is 23.6 Å². The molecule has 1 amide bonds. The SMILES string of the molecule is CN(CCC#N)C(=O)CSc1nc2scc(-c3cccs3)c2c(=O)n1-c1ccccc1. The Morgan fingerprint density at radius 3 is 2.74 bits per heavy atom. The van der Waals surface area contributed by atoms with Crippen LogP contribution in [0.15, 0.2) is 63.2 Å². The Balaban J connectivity index is 1.77. The van der Waals surface area contributed by atoms with Crippen LogP contribution < -0.4 is 5.56 Å². The fourth-order valence-corrected chi connectivity index (χ4v) is 5.82. The van der Waals surface area contributed by atoms with Crippen LogP contribution in [-0.2, 0) is 4.79 Å².